The molecule has 2 saturated heterocycles. The molecule has 0 radical (unpaired) electrons. The van der Waals surface area contributed by atoms with Crippen molar-refractivity contribution in [2.45, 2.75) is 44.4 Å². The number of anilines is 2. The van der Waals surface area contributed by atoms with Crippen molar-refractivity contribution < 1.29 is 23.0 Å². The molecule has 0 amide bonds. The van der Waals surface area contributed by atoms with Crippen molar-refractivity contribution >= 4 is 88.3 Å². The van der Waals surface area contributed by atoms with Crippen molar-refractivity contribution in [2.24, 2.45) is 11.8 Å². The monoisotopic (exact) mass is 864 g/mol. The van der Waals surface area contributed by atoms with Gasteiger partial charge in [-0.2, -0.15) is 9.97 Å². The Morgan fingerprint density at radius 1 is 1.24 bits per heavy atom. The number of hydrogen-bond donors (Lipinski definition) is 4. The van der Waals surface area contributed by atoms with Gasteiger partial charge in [0.1, 0.15) is 35.7 Å². The highest BCUT2D eigenvalue weighted by atomic mass is 127. The molecule has 4 heterocycles. The van der Waals surface area contributed by atoms with E-state index in [1.807, 2.05) is 29.5 Å². The molecule has 2 bridgehead atoms. The molecule has 4 aromatic rings. The summed E-state index contributed by atoms with van der Waals surface area (Å²) in [6.07, 6.45) is 0.436. The Hall–Kier alpha value is -1.89. The van der Waals surface area contributed by atoms with Crippen LogP contribution < -0.4 is 21.1 Å². The number of nitrogens with one attached hydrogen (secondary N) is 2. The summed E-state index contributed by atoms with van der Waals surface area (Å²) in [7, 11) is 0. The Morgan fingerprint density at radius 3 is 2.69 bits per heavy atom. The van der Waals surface area contributed by atoms with E-state index in [1.165, 1.54) is 12.1 Å². The van der Waals surface area contributed by atoms with Crippen LogP contribution in [0.25, 0.3) is 32.1 Å². The molecule has 1 saturated carbocycles. The van der Waals surface area contributed by atoms with E-state index in [1.54, 1.807) is 6.92 Å². The highest BCUT2D eigenvalue weighted by Gasteiger charge is 2.46. The third kappa shape index (κ3) is 5.11. The lowest BCUT2D eigenvalue weighted by Gasteiger charge is -2.50. The summed E-state index contributed by atoms with van der Waals surface area (Å²) in [5.74, 6) is -0.251. The van der Waals surface area contributed by atoms with Crippen LogP contribution in [0.1, 0.15) is 25.3 Å². The van der Waals surface area contributed by atoms with Gasteiger partial charge in [-0.15, -0.1) is 11.3 Å². The average molecular weight is 865 g/mol. The minimum atomic E-state index is -0.967. The number of benzene rings is 2. The number of fused-ring (bicyclic) bond motifs is 4. The summed E-state index contributed by atoms with van der Waals surface area (Å²) in [5.41, 5.74) is 6.67. The number of nitrogen functional groups attached to an aromatic ring is 1. The van der Waals surface area contributed by atoms with Crippen molar-refractivity contribution in [3.8, 4) is 22.9 Å². The maximum Gasteiger partial charge on any atom is 0.319 e. The van der Waals surface area contributed by atoms with Gasteiger partial charge in [-0.05, 0) is 84.6 Å². The summed E-state index contributed by atoms with van der Waals surface area (Å²) in [5, 5.41) is 19.7. The number of nitrogens with zero attached hydrogens (tertiary/aromatic N) is 3. The largest absolute Gasteiger partial charge is 0.506 e. The van der Waals surface area contributed by atoms with E-state index in [4.69, 9.17) is 15.5 Å². The number of likely N-dealkylation sites (tertiary alicyclic amines) is 1. The van der Waals surface area contributed by atoms with Gasteiger partial charge in [-0.3, -0.25) is 4.90 Å². The number of thiophene rings is 1. The summed E-state index contributed by atoms with van der Waals surface area (Å²) in [4.78, 5) is 11.3. The number of hydrogen-bond acceptors (Lipinski definition) is 9. The molecular formula is C31H33F3I2N6O2S. The Morgan fingerprint density at radius 2 is 2.00 bits per heavy atom. The molecule has 3 unspecified atom stereocenters. The number of halogens is 5. The third-order valence-electron chi connectivity index (χ3n) is 9.84. The van der Waals surface area contributed by atoms with Crippen LogP contribution >= 0.6 is 56.5 Å². The van der Waals surface area contributed by atoms with Gasteiger partial charge < -0.3 is 26.2 Å². The van der Waals surface area contributed by atoms with E-state index in [2.05, 4.69) is 43.1 Å². The van der Waals surface area contributed by atoms with Crippen molar-refractivity contribution in [3.63, 3.8) is 0 Å². The van der Waals surface area contributed by atoms with E-state index in [0.717, 1.165) is 30.8 Å². The lowest BCUT2D eigenvalue weighted by atomic mass is 9.67. The van der Waals surface area contributed by atoms with E-state index < -0.39 is 23.3 Å². The quantitative estimate of drug-likeness (QED) is 0.116. The van der Waals surface area contributed by atoms with Crippen LogP contribution in [0.5, 0.6) is 11.8 Å². The number of phenolic OH excluding ortho intramolecular Hbond substituents is 1. The minimum Gasteiger partial charge on any atom is -0.506 e. The zero-order valence-corrected chi connectivity index (χ0v) is 29.8. The number of alkyl halides is 2. The van der Waals surface area contributed by atoms with Crippen LogP contribution in [0.15, 0.2) is 12.1 Å². The van der Waals surface area contributed by atoms with Gasteiger partial charge in [0.05, 0.1) is 24.2 Å². The number of phenols is 1. The second-order valence-corrected chi connectivity index (χ2v) is 15.3. The molecule has 1 aliphatic carbocycles. The zero-order valence-electron chi connectivity index (χ0n) is 24.7. The molecule has 240 valence electrons. The fraction of sp³-hybridized carbons (Fsp3) is 0.484. The van der Waals surface area contributed by atoms with E-state index in [-0.39, 0.29) is 44.4 Å². The first-order valence-corrected chi connectivity index (χ1v) is 18.4. The zero-order chi connectivity index (χ0) is 31.8. The molecule has 4 atom stereocenters. The number of piperidine rings is 2. The number of aromatic nitrogens is 2. The Labute approximate surface area is 290 Å². The second kappa shape index (κ2) is 12.0. The van der Waals surface area contributed by atoms with Crippen LogP contribution in [0.4, 0.5) is 24.0 Å². The Kier molecular flexibility index (Phi) is 8.43. The van der Waals surface area contributed by atoms with Crippen LogP contribution in [0.3, 0.4) is 0 Å². The summed E-state index contributed by atoms with van der Waals surface area (Å²) < 4.78 is 53.8. The van der Waals surface area contributed by atoms with Crippen LogP contribution in [-0.4, -0.2) is 74.9 Å². The van der Waals surface area contributed by atoms with Crippen LogP contribution in [-0.2, 0) is 0 Å². The fourth-order valence-electron chi connectivity index (χ4n) is 7.39. The average Bonchev–Trinajstić information content (AvgIpc) is 3.54. The van der Waals surface area contributed by atoms with Crippen molar-refractivity contribution in [2.75, 3.05) is 48.3 Å². The van der Waals surface area contributed by atoms with E-state index >= 15 is 4.39 Å². The molecular weight excluding hydrogens is 831 g/mol. The first kappa shape index (κ1) is 31.7. The topological polar surface area (TPSA) is 109 Å². The Balaban J connectivity index is 1.39. The SMILES string of the molecule is CCN1C[C@H](F)CC1(CI)COc1nc(NC2C3CNCC2C3)c2c(O)c(I)c(-c3ccc(F)c4sc(N)c(C)c34)c(F)c2n1. The first-order chi connectivity index (χ1) is 21.6. The molecule has 0 spiro atoms. The summed E-state index contributed by atoms with van der Waals surface area (Å²) >= 11 is 5.30. The molecule has 2 aliphatic heterocycles. The first-order valence-electron chi connectivity index (χ1n) is 15.0. The smallest absolute Gasteiger partial charge is 0.319 e. The number of likely N-dealkylation sites (N-methyl/N-ethyl adjacent to an activating group) is 1. The fourth-order valence-corrected chi connectivity index (χ4v) is 10.2. The standard InChI is InChI=1S/C31H33F3I2N6O2S/c1-3-42-10-16(32)7-31(42,11-35)12-44-30-40-25-21(29(41-30)39-24-14-6-15(24)9-38-8-14)26(43)23(36)20(22(25)34)17-4-5-18(33)27-19(17)13(2)28(37)45-27/h4-5,14-16,24,38,43H,3,6-12,37H2,1-2H3,(H,39,40,41)/t14?,15?,16-,24?,31?/m1/s1. The van der Waals surface area contributed by atoms with E-state index in [0.29, 0.717) is 67.8 Å². The van der Waals surface area contributed by atoms with Gasteiger partial charge >= 0.3 is 6.01 Å². The maximum atomic E-state index is 17.0. The van der Waals surface area contributed by atoms with Crippen molar-refractivity contribution in [3.05, 3.63) is 32.9 Å². The van der Waals surface area contributed by atoms with Gasteiger partial charge in [0, 0.05) is 34.4 Å². The molecule has 5 N–H and O–H groups in total. The molecule has 2 aromatic carbocycles. The number of aromatic hydroxyl groups is 1. The molecule has 3 aliphatic rings. The third-order valence-corrected chi connectivity index (χ3v) is 13.4. The predicted octanol–water partition coefficient (Wildman–Crippen LogP) is 6.63. The number of rotatable bonds is 8. The van der Waals surface area contributed by atoms with Crippen molar-refractivity contribution in [1.82, 2.24) is 20.2 Å². The summed E-state index contributed by atoms with van der Waals surface area (Å²) in [6.45, 7) is 6.62. The molecule has 7 rings (SSSR count). The summed E-state index contributed by atoms with van der Waals surface area (Å²) in [6, 6.07) is 2.85. The van der Waals surface area contributed by atoms with Gasteiger partial charge in [0.15, 0.2) is 5.82 Å². The number of ether oxygens (including phenoxy) is 1. The van der Waals surface area contributed by atoms with E-state index in [9.17, 15) is 13.9 Å². The van der Waals surface area contributed by atoms with Gasteiger partial charge in [0.2, 0.25) is 0 Å². The number of aryl methyl sites for hydroxylation is 1. The molecule has 2 aromatic heterocycles. The van der Waals surface area contributed by atoms with Gasteiger partial charge in [0.25, 0.3) is 0 Å². The minimum absolute atomic E-state index is 0.0548. The maximum absolute atomic E-state index is 17.0. The highest BCUT2D eigenvalue weighted by Crippen LogP contribution is 2.48. The predicted molar refractivity (Wildman–Crippen MR) is 190 cm³/mol. The molecule has 45 heavy (non-hydrogen) atoms. The van der Waals surface area contributed by atoms with Crippen LogP contribution in [0, 0.1) is 34.0 Å². The van der Waals surface area contributed by atoms with Gasteiger partial charge in [-0.25, -0.2) is 13.2 Å². The highest BCUT2D eigenvalue weighted by molar-refractivity contribution is 14.1. The lowest BCUT2D eigenvalue weighted by Crippen LogP contribution is -2.60. The molecule has 14 heteroatoms. The second-order valence-electron chi connectivity index (χ2n) is 12.4. The van der Waals surface area contributed by atoms with Gasteiger partial charge in [-0.1, -0.05) is 35.6 Å². The molecule has 3 fully saturated rings. The number of nitrogens with two attached hydrogens (primary N) is 1. The molecule has 8 nitrogen and oxygen atoms in total. The van der Waals surface area contributed by atoms with Crippen LogP contribution in [0.2, 0.25) is 0 Å². The normalized spacial score (nSPS) is 26.5. The lowest BCUT2D eigenvalue weighted by molar-refractivity contribution is 0.0967. The van der Waals surface area contributed by atoms with Crippen molar-refractivity contribution in [1.29, 1.82) is 0 Å². The Bertz CT molecular complexity index is 1810.